The number of hydrogen-bond acceptors (Lipinski definition) is 9. The number of nitrogens with one attached hydrogen (secondary N) is 7. The van der Waals surface area contributed by atoms with Crippen LogP contribution in [0, 0.1) is 17.8 Å². The molecule has 0 spiro atoms. The number of aromatic nitrogens is 4. The zero-order valence-corrected chi connectivity index (χ0v) is 34.9. The number of halogens is 2. The number of nitrogens with two attached hydrogens (primary N) is 2. The largest absolute Gasteiger partial charge is 0.368 e. The molecule has 3 rings (SSSR count). The number of H-pyrrole nitrogens is 2. The Balaban J connectivity index is 0.00000812. The molecule has 316 valence electrons. The van der Waals surface area contributed by atoms with Gasteiger partial charge in [-0.25, -0.2) is 9.97 Å². The molecule has 0 fully saturated rings. The molecule has 0 bridgehead atoms. The van der Waals surface area contributed by atoms with Crippen molar-refractivity contribution in [1.82, 2.24) is 46.5 Å². The second-order valence-corrected chi connectivity index (χ2v) is 14.7. The highest BCUT2D eigenvalue weighted by atomic mass is 35.5. The van der Waals surface area contributed by atoms with Crippen LogP contribution >= 0.6 is 24.8 Å². The van der Waals surface area contributed by atoms with Crippen molar-refractivity contribution in [2.24, 2.45) is 29.2 Å². The van der Waals surface area contributed by atoms with E-state index in [1.54, 1.807) is 20.8 Å². The van der Waals surface area contributed by atoms with Crippen LogP contribution in [0.4, 0.5) is 0 Å². The fraction of sp³-hybridized carbons (Fsp3) is 0.526. The number of hydrogen-bond donors (Lipinski definition) is 9. The lowest BCUT2D eigenvalue weighted by atomic mass is 9.95. The molecule has 0 saturated heterocycles. The van der Waals surface area contributed by atoms with E-state index >= 15 is 0 Å². The highest BCUT2D eigenvalue weighted by Gasteiger charge is 2.35. The number of carbonyl (C=O) groups excluding carboxylic acids is 6. The van der Waals surface area contributed by atoms with Gasteiger partial charge >= 0.3 is 0 Å². The maximum absolute atomic E-state index is 13.9. The molecule has 2 heterocycles. The lowest BCUT2D eigenvalue weighted by Gasteiger charge is -2.30. The van der Waals surface area contributed by atoms with Gasteiger partial charge in [-0.3, -0.25) is 28.8 Å². The Kier molecular flexibility index (Phi) is 21.6. The third kappa shape index (κ3) is 16.2. The summed E-state index contributed by atoms with van der Waals surface area (Å²) < 4.78 is 0. The molecular formula is C38H59Cl2N11O6. The fourth-order valence-electron chi connectivity index (χ4n) is 5.87. The number of benzene rings is 1. The predicted octanol–water partition coefficient (Wildman–Crippen LogP) is 0.989. The summed E-state index contributed by atoms with van der Waals surface area (Å²) in [5.41, 5.74) is 13.8. The Morgan fingerprint density at radius 2 is 1.14 bits per heavy atom. The van der Waals surface area contributed by atoms with Gasteiger partial charge in [0.1, 0.15) is 30.2 Å². The summed E-state index contributed by atoms with van der Waals surface area (Å²) in [5.74, 6) is -4.65. The van der Waals surface area contributed by atoms with Crippen molar-refractivity contribution < 1.29 is 28.8 Å². The van der Waals surface area contributed by atoms with Crippen LogP contribution in [-0.4, -0.2) is 91.6 Å². The van der Waals surface area contributed by atoms with Crippen LogP contribution in [0.15, 0.2) is 55.4 Å². The molecule has 11 N–H and O–H groups in total. The van der Waals surface area contributed by atoms with E-state index in [0.29, 0.717) is 17.8 Å². The average Bonchev–Trinajstić information content (AvgIpc) is 3.86. The van der Waals surface area contributed by atoms with Gasteiger partial charge in [-0.2, -0.15) is 0 Å². The van der Waals surface area contributed by atoms with E-state index in [4.69, 9.17) is 11.5 Å². The molecule has 57 heavy (non-hydrogen) atoms. The van der Waals surface area contributed by atoms with Crippen LogP contribution in [0.3, 0.4) is 0 Å². The third-order valence-corrected chi connectivity index (χ3v) is 9.27. The molecular weight excluding hydrogens is 777 g/mol. The Morgan fingerprint density at radius 3 is 1.63 bits per heavy atom. The van der Waals surface area contributed by atoms with E-state index in [9.17, 15) is 28.8 Å². The highest BCUT2D eigenvalue weighted by Crippen LogP contribution is 2.13. The molecule has 2 aromatic heterocycles. The van der Waals surface area contributed by atoms with Crippen LogP contribution in [0.5, 0.6) is 0 Å². The van der Waals surface area contributed by atoms with E-state index < -0.39 is 77.6 Å². The van der Waals surface area contributed by atoms with E-state index in [0.717, 1.165) is 5.56 Å². The summed E-state index contributed by atoms with van der Waals surface area (Å²) in [6.45, 7) is 10.9. The maximum atomic E-state index is 13.9. The number of nitrogens with zero attached hydrogens (tertiary/aromatic N) is 2. The molecule has 6 amide bonds. The van der Waals surface area contributed by atoms with E-state index in [1.165, 1.54) is 25.0 Å². The normalized spacial score (nSPS) is 14.6. The minimum Gasteiger partial charge on any atom is -0.368 e. The standard InChI is InChI=1S/C38H57N11O6.2ClH/c1-7-23(6)32(38(55)45-28(33(40)50)15-25-17-41-19-43-25)49-37(54)31(22(4)5)48-36(53)29(13-21(2)3)47-35(52)30(16-26-18-42-20-44-26)46-34(51)27(39)14-24-11-9-8-10-12-24;;/h8-12,17-23,27-32H,7,13-16,39H2,1-6H3,(H2,40,50)(H,41,43)(H,42,44)(H,45,55)(H,46,51)(H,47,52)(H,48,53)(H,49,54);2*1H/t23-,27-,28-,29-,30-,31-,32-;;/m0../s1. The average molecular weight is 837 g/mol. The number of amides is 6. The van der Waals surface area contributed by atoms with Gasteiger partial charge in [-0.15, -0.1) is 24.8 Å². The smallest absolute Gasteiger partial charge is 0.243 e. The molecule has 7 atom stereocenters. The summed E-state index contributed by atoms with van der Waals surface area (Å²) in [5, 5.41) is 13.7. The van der Waals surface area contributed by atoms with Crippen LogP contribution in [0.2, 0.25) is 0 Å². The topological polar surface area (TPSA) is 272 Å². The van der Waals surface area contributed by atoms with E-state index in [1.807, 2.05) is 51.1 Å². The van der Waals surface area contributed by atoms with Crippen molar-refractivity contribution in [2.75, 3.05) is 0 Å². The minimum absolute atomic E-state index is 0. The number of carbonyl (C=O) groups is 6. The van der Waals surface area contributed by atoms with Crippen molar-refractivity contribution in [3.05, 3.63) is 72.3 Å². The molecule has 19 heteroatoms. The second kappa shape index (κ2) is 24.6. The lowest BCUT2D eigenvalue weighted by molar-refractivity contribution is -0.136. The summed E-state index contributed by atoms with van der Waals surface area (Å²) in [6, 6.07) is 2.85. The predicted molar refractivity (Wildman–Crippen MR) is 220 cm³/mol. The maximum Gasteiger partial charge on any atom is 0.243 e. The molecule has 0 unspecified atom stereocenters. The van der Waals surface area contributed by atoms with Crippen LogP contribution in [0.1, 0.15) is 71.3 Å². The van der Waals surface area contributed by atoms with Gasteiger partial charge in [0.05, 0.1) is 18.7 Å². The summed E-state index contributed by atoms with van der Waals surface area (Å²) in [7, 11) is 0. The Morgan fingerprint density at radius 1 is 0.649 bits per heavy atom. The Bertz CT molecular complexity index is 1690. The van der Waals surface area contributed by atoms with Crippen molar-refractivity contribution in [1.29, 1.82) is 0 Å². The summed E-state index contributed by atoms with van der Waals surface area (Å²) in [6.07, 6.45) is 7.02. The lowest BCUT2D eigenvalue weighted by Crippen LogP contribution is -2.61. The van der Waals surface area contributed by atoms with Gasteiger partial charge in [0.25, 0.3) is 0 Å². The van der Waals surface area contributed by atoms with Gasteiger partial charge < -0.3 is 48.0 Å². The molecule has 0 radical (unpaired) electrons. The Labute approximate surface area is 346 Å². The van der Waals surface area contributed by atoms with Crippen molar-refractivity contribution in [3.63, 3.8) is 0 Å². The molecule has 3 aromatic rings. The van der Waals surface area contributed by atoms with E-state index in [2.05, 4.69) is 46.5 Å². The molecule has 17 nitrogen and oxygen atoms in total. The number of aromatic amines is 2. The van der Waals surface area contributed by atoms with Crippen molar-refractivity contribution in [2.45, 2.75) is 110 Å². The number of primary amides is 1. The van der Waals surface area contributed by atoms with Crippen LogP contribution in [-0.2, 0) is 48.0 Å². The molecule has 0 aliphatic rings. The molecule has 1 aromatic carbocycles. The Hall–Kier alpha value is -5.00. The first-order valence-electron chi connectivity index (χ1n) is 18.6. The first-order valence-corrected chi connectivity index (χ1v) is 18.6. The molecule has 0 saturated carbocycles. The minimum atomic E-state index is -1.12. The molecule has 0 aliphatic heterocycles. The first-order chi connectivity index (χ1) is 26.1. The quantitative estimate of drug-likeness (QED) is 0.0698. The zero-order valence-electron chi connectivity index (χ0n) is 33.2. The van der Waals surface area contributed by atoms with E-state index in [-0.39, 0.29) is 62.3 Å². The molecule has 0 aliphatic carbocycles. The number of rotatable bonds is 22. The third-order valence-electron chi connectivity index (χ3n) is 9.27. The second-order valence-electron chi connectivity index (χ2n) is 14.7. The first kappa shape index (κ1) is 50.0. The monoisotopic (exact) mass is 835 g/mol. The van der Waals surface area contributed by atoms with Gasteiger partial charge in [0, 0.05) is 36.6 Å². The van der Waals surface area contributed by atoms with Gasteiger partial charge in [-0.05, 0) is 36.2 Å². The SMILES string of the molecule is CC[C@H](C)[C@H](NC(=O)[C@@H](NC(=O)[C@H](CC(C)C)NC(=O)[C@H](Cc1cnc[nH]1)NC(=O)[C@@H](N)Cc1ccccc1)C(C)C)C(=O)N[C@@H](Cc1cnc[nH]1)C(N)=O.Cl.Cl. The van der Waals surface area contributed by atoms with Crippen LogP contribution in [0.25, 0.3) is 0 Å². The highest BCUT2D eigenvalue weighted by molar-refractivity contribution is 5.97. The fourth-order valence-corrected chi connectivity index (χ4v) is 5.87. The van der Waals surface area contributed by atoms with Crippen molar-refractivity contribution in [3.8, 4) is 0 Å². The van der Waals surface area contributed by atoms with Crippen LogP contribution < -0.4 is 38.1 Å². The summed E-state index contributed by atoms with van der Waals surface area (Å²) >= 11 is 0. The van der Waals surface area contributed by atoms with Crippen molar-refractivity contribution >= 4 is 60.3 Å². The zero-order chi connectivity index (χ0) is 40.7. The summed E-state index contributed by atoms with van der Waals surface area (Å²) in [4.78, 5) is 94.3. The van der Waals surface area contributed by atoms with Gasteiger partial charge in [0.2, 0.25) is 35.4 Å². The van der Waals surface area contributed by atoms with Gasteiger partial charge in [0.15, 0.2) is 0 Å². The number of imidazole rings is 2. The van der Waals surface area contributed by atoms with Gasteiger partial charge in [-0.1, -0.05) is 78.3 Å².